The molecule has 0 saturated carbocycles. The van der Waals surface area contributed by atoms with Crippen molar-refractivity contribution in [2.45, 2.75) is 4.21 Å². The van der Waals surface area contributed by atoms with E-state index in [1.165, 1.54) is 5.51 Å². The normalized spacial score (nSPS) is 11.2. The van der Waals surface area contributed by atoms with Crippen LogP contribution in [0.25, 0.3) is 0 Å². The lowest BCUT2D eigenvalue weighted by molar-refractivity contribution is 0.0590. The molecule has 112 valence electrons. The highest BCUT2D eigenvalue weighted by Gasteiger charge is 2.27. The van der Waals surface area contributed by atoms with Crippen LogP contribution in [-0.2, 0) is 14.8 Å². The Hall–Kier alpha value is -0.970. The summed E-state index contributed by atoms with van der Waals surface area (Å²) >= 11 is 7.38. The van der Waals surface area contributed by atoms with E-state index in [2.05, 4.69) is 46.3 Å². The number of halogens is 2. The topological polar surface area (TPSA) is 85.4 Å². The first-order valence-corrected chi connectivity index (χ1v) is 9.29. The fourth-order valence-corrected chi connectivity index (χ4v) is 4.91. The zero-order valence-corrected chi connectivity index (χ0v) is 15.3. The Morgan fingerprint density at radius 3 is 2.71 bits per heavy atom. The number of hydrogen-bond acceptors (Lipinski definition) is 6. The number of methoxy groups -OCH3 is 1. The van der Waals surface area contributed by atoms with Crippen molar-refractivity contribution in [2.24, 2.45) is 0 Å². The summed E-state index contributed by atoms with van der Waals surface area (Å²) in [5.41, 5.74) is 1.39. The second-order valence-corrected chi connectivity index (χ2v) is 8.21. The van der Waals surface area contributed by atoms with Gasteiger partial charge < -0.3 is 4.74 Å². The van der Waals surface area contributed by atoms with Gasteiger partial charge in [0.05, 0.1) is 18.3 Å². The molecule has 6 nitrogen and oxygen atoms in total. The van der Waals surface area contributed by atoms with E-state index in [4.69, 9.17) is 0 Å². The average molecular weight is 456 g/mol. The van der Waals surface area contributed by atoms with Gasteiger partial charge in [-0.25, -0.2) is 18.2 Å². The van der Waals surface area contributed by atoms with E-state index < -0.39 is 16.0 Å². The SMILES string of the molecule is COC(=O)c1ncsc1S(=O)(=O)Nc1ccc(Br)cc1Br. The number of sulfonamides is 1. The highest BCUT2D eigenvalue weighted by atomic mass is 79.9. The molecule has 0 spiro atoms. The van der Waals surface area contributed by atoms with Crippen LogP contribution in [0.4, 0.5) is 5.69 Å². The van der Waals surface area contributed by atoms with Crippen LogP contribution >= 0.6 is 43.2 Å². The number of ether oxygens (including phenoxy) is 1. The number of thiazole rings is 1. The molecule has 0 aliphatic carbocycles. The highest BCUT2D eigenvalue weighted by molar-refractivity contribution is 9.11. The fourth-order valence-electron chi connectivity index (χ4n) is 1.42. The summed E-state index contributed by atoms with van der Waals surface area (Å²) in [6, 6.07) is 4.98. The zero-order valence-electron chi connectivity index (χ0n) is 10.5. The van der Waals surface area contributed by atoms with Gasteiger partial charge in [-0.2, -0.15) is 0 Å². The number of nitrogens with one attached hydrogen (secondary N) is 1. The lowest BCUT2D eigenvalue weighted by Gasteiger charge is -2.09. The maximum Gasteiger partial charge on any atom is 0.358 e. The van der Waals surface area contributed by atoms with Crippen LogP contribution in [0.1, 0.15) is 10.5 Å². The van der Waals surface area contributed by atoms with Gasteiger partial charge in [0, 0.05) is 8.95 Å². The van der Waals surface area contributed by atoms with Crippen molar-refractivity contribution in [1.29, 1.82) is 0 Å². The Morgan fingerprint density at radius 1 is 1.38 bits per heavy atom. The van der Waals surface area contributed by atoms with Crippen LogP contribution < -0.4 is 4.72 Å². The average Bonchev–Trinajstić information content (AvgIpc) is 2.91. The molecule has 0 atom stereocenters. The summed E-state index contributed by atoms with van der Waals surface area (Å²) in [6.45, 7) is 0. The molecule has 10 heteroatoms. The number of carbonyl (C=O) groups excluding carboxylic acids is 1. The number of carbonyl (C=O) groups is 1. The summed E-state index contributed by atoms with van der Waals surface area (Å²) in [4.78, 5) is 15.3. The number of benzene rings is 1. The molecule has 1 heterocycles. The number of anilines is 1. The molecule has 0 saturated heterocycles. The summed E-state index contributed by atoms with van der Waals surface area (Å²) < 4.78 is 32.8. The van der Waals surface area contributed by atoms with Crippen molar-refractivity contribution in [3.05, 3.63) is 38.3 Å². The zero-order chi connectivity index (χ0) is 15.6. The minimum atomic E-state index is -3.93. The third-order valence-electron chi connectivity index (χ3n) is 2.33. The van der Waals surface area contributed by atoms with E-state index in [1.807, 2.05) is 0 Å². The summed E-state index contributed by atoms with van der Waals surface area (Å²) in [7, 11) is -2.77. The van der Waals surface area contributed by atoms with Gasteiger partial charge in [0.2, 0.25) is 0 Å². The maximum absolute atomic E-state index is 12.4. The number of rotatable bonds is 4. The van der Waals surface area contributed by atoms with Crippen LogP contribution in [-0.4, -0.2) is 26.5 Å². The Balaban J connectivity index is 2.39. The largest absolute Gasteiger partial charge is 0.464 e. The van der Waals surface area contributed by atoms with Crippen LogP contribution in [0.15, 0.2) is 36.9 Å². The first-order chi connectivity index (χ1) is 9.85. The molecule has 1 aromatic heterocycles. The van der Waals surface area contributed by atoms with E-state index >= 15 is 0 Å². The van der Waals surface area contributed by atoms with E-state index in [9.17, 15) is 13.2 Å². The summed E-state index contributed by atoms with van der Waals surface area (Å²) in [5, 5.41) is 0. The lowest BCUT2D eigenvalue weighted by Crippen LogP contribution is -2.16. The standard InChI is InChI=1S/C11H8Br2N2O4S2/c1-19-10(16)9-11(20-5-14-9)21(17,18)15-8-3-2-6(12)4-7(8)13/h2-5,15H,1H3. The molecule has 0 fully saturated rings. The van der Waals surface area contributed by atoms with Gasteiger partial charge >= 0.3 is 5.97 Å². The van der Waals surface area contributed by atoms with Crippen molar-refractivity contribution >= 4 is 64.9 Å². The highest BCUT2D eigenvalue weighted by Crippen LogP contribution is 2.30. The van der Waals surface area contributed by atoms with Gasteiger partial charge in [-0.3, -0.25) is 4.72 Å². The molecular weight excluding hydrogens is 448 g/mol. The van der Waals surface area contributed by atoms with Gasteiger partial charge in [0.25, 0.3) is 10.0 Å². The minimum Gasteiger partial charge on any atom is -0.464 e. The third-order valence-corrected chi connectivity index (χ3v) is 6.22. The van der Waals surface area contributed by atoms with Gasteiger partial charge in [-0.05, 0) is 34.1 Å². The first-order valence-electron chi connectivity index (χ1n) is 5.35. The van der Waals surface area contributed by atoms with Crippen molar-refractivity contribution in [2.75, 3.05) is 11.8 Å². The van der Waals surface area contributed by atoms with E-state index in [0.29, 0.717) is 10.2 Å². The van der Waals surface area contributed by atoms with Crippen LogP contribution in [0.3, 0.4) is 0 Å². The Morgan fingerprint density at radius 2 is 2.10 bits per heavy atom. The Labute approximate surface area is 141 Å². The predicted molar refractivity (Wildman–Crippen MR) is 86.1 cm³/mol. The molecule has 0 unspecified atom stereocenters. The third kappa shape index (κ3) is 3.62. The second-order valence-electron chi connectivity index (χ2n) is 3.71. The molecule has 0 radical (unpaired) electrons. The molecule has 2 rings (SSSR count). The van der Waals surface area contributed by atoms with E-state index in [1.54, 1.807) is 18.2 Å². The number of aromatic nitrogens is 1. The number of hydrogen-bond donors (Lipinski definition) is 1. The molecule has 0 amide bonds. The monoisotopic (exact) mass is 454 g/mol. The van der Waals surface area contributed by atoms with Crippen molar-refractivity contribution in [3.63, 3.8) is 0 Å². The quantitative estimate of drug-likeness (QED) is 0.715. The molecular formula is C11H8Br2N2O4S2. The smallest absolute Gasteiger partial charge is 0.358 e. The lowest BCUT2D eigenvalue weighted by atomic mass is 10.3. The Kier molecular flexibility index (Phi) is 5.02. The van der Waals surface area contributed by atoms with Crippen LogP contribution in [0.2, 0.25) is 0 Å². The van der Waals surface area contributed by atoms with Crippen LogP contribution in [0.5, 0.6) is 0 Å². The first kappa shape index (κ1) is 16.4. The van der Waals surface area contributed by atoms with Gasteiger partial charge in [-0.1, -0.05) is 15.9 Å². The number of nitrogens with zero attached hydrogens (tertiary/aromatic N) is 1. The van der Waals surface area contributed by atoms with Crippen molar-refractivity contribution < 1.29 is 17.9 Å². The van der Waals surface area contributed by atoms with Gasteiger partial charge in [0.15, 0.2) is 9.90 Å². The fraction of sp³-hybridized carbons (Fsp3) is 0.0909. The molecule has 1 aromatic carbocycles. The molecule has 0 aliphatic rings. The molecule has 0 aliphatic heterocycles. The number of esters is 1. The van der Waals surface area contributed by atoms with E-state index in [-0.39, 0.29) is 9.90 Å². The maximum atomic E-state index is 12.4. The van der Waals surface area contributed by atoms with E-state index in [0.717, 1.165) is 22.9 Å². The van der Waals surface area contributed by atoms with Crippen molar-refractivity contribution in [3.8, 4) is 0 Å². The Bertz CT molecular complexity index is 789. The minimum absolute atomic E-state index is 0.191. The summed E-state index contributed by atoms with van der Waals surface area (Å²) in [6.07, 6.45) is 0. The van der Waals surface area contributed by atoms with Gasteiger partial charge in [-0.15, -0.1) is 11.3 Å². The molecule has 2 aromatic rings. The molecule has 0 bridgehead atoms. The van der Waals surface area contributed by atoms with Crippen LogP contribution in [0, 0.1) is 0 Å². The second kappa shape index (κ2) is 6.42. The van der Waals surface area contributed by atoms with Gasteiger partial charge in [0.1, 0.15) is 0 Å². The predicted octanol–water partition coefficient (Wildman–Crippen LogP) is 3.26. The van der Waals surface area contributed by atoms with Crippen molar-refractivity contribution in [1.82, 2.24) is 4.98 Å². The molecule has 1 N–H and O–H groups in total. The summed E-state index contributed by atoms with van der Waals surface area (Å²) in [5.74, 6) is -0.800. The molecule has 21 heavy (non-hydrogen) atoms.